The monoisotopic (exact) mass is 343 g/mol. The Kier molecular flexibility index (Phi) is 6.27. The van der Waals surface area contributed by atoms with Gasteiger partial charge in [-0.15, -0.1) is 23.1 Å². The highest BCUT2D eigenvalue weighted by Crippen LogP contribution is 2.23. The number of hydrogen-bond acceptors (Lipinski definition) is 5. The second kappa shape index (κ2) is 8.42. The van der Waals surface area contributed by atoms with Crippen LogP contribution in [0.1, 0.15) is 10.4 Å². The fourth-order valence-electron chi connectivity index (χ4n) is 1.92. The molecule has 0 aliphatic carbocycles. The Morgan fingerprint density at radius 2 is 2.09 bits per heavy atom. The van der Waals surface area contributed by atoms with Gasteiger partial charge in [-0.05, 0) is 36.3 Å². The third kappa shape index (κ3) is 4.62. The lowest BCUT2D eigenvalue weighted by molar-refractivity contribution is -0.117. The molecule has 0 atom stereocenters. The highest BCUT2D eigenvalue weighted by Gasteiger charge is 2.16. The lowest BCUT2D eigenvalue weighted by Crippen LogP contribution is -2.25. The van der Waals surface area contributed by atoms with Crippen LogP contribution in [0.5, 0.6) is 0 Å². The normalized spacial score (nSPS) is 11.3. The number of anilines is 1. The average molecular weight is 343 g/mol. The van der Waals surface area contributed by atoms with E-state index in [1.165, 1.54) is 11.8 Å². The minimum atomic E-state index is -0.369. The summed E-state index contributed by atoms with van der Waals surface area (Å²) in [5.41, 5.74) is 2.03. The first-order valence-electron chi connectivity index (χ1n) is 6.97. The van der Waals surface area contributed by atoms with Crippen molar-refractivity contribution in [3.63, 3.8) is 0 Å². The number of rotatable bonds is 6. The highest BCUT2D eigenvalue weighted by atomic mass is 32.2. The summed E-state index contributed by atoms with van der Waals surface area (Å²) in [4.78, 5) is 13.4. The van der Waals surface area contributed by atoms with E-state index >= 15 is 0 Å². The van der Waals surface area contributed by atoms with E-state index in [0.29, 0.717) is 11.6 Å². The van der Waals surface area contributed by atoms with Crippen LogP contribution in [0, 0.1) is 18.3 Å². The summed E-state index contributed by atoms with van der Waals surface area (Å²) >= 11 is 2.91. The van der Waals surface area contributed by atoms with E-state index in [4.69, 9.17) is 0 Å². The summed E-state index contributed by atoms with van der Waals surface area (Å²) in [6.45, 7) is 2.40. The molecule has 1 aromatic carbocycles. The van der Waals surface area contributed by atoms with E-state index in [1.807, 2.05) is 61.0 Å². The Labute approximate surface area is 144 Å². The van der Waals surface area contributed by atoms with E-state index in [2.05, 4.69) is 10.6 Å². The van der Waals surface area contributed by atoms with Crippen molar-refractivity contribution in [3.05, 3.63) is 62.8 Å². The average Bonchev–Trinajstić information content (AvgIpc) is 3.08. The predicted octanol–water partition coefficient (Wildman–Crippen LogP) is 3.88. The van der Waals surface area contributed by atoms with Crippen molar-refractivity contribution < 1.29 is 4.79 Å². The van der Waals surface area contributed by atoms with Gasteiger partial charge in [0.1, 0.15) is 11.6 Å². The van der Waals surface area contributed by atoms with E-state index in [-0.39, 0.29) is 11.5 Å². The number of amides is 1. The molecule has 0 bridgehead atoms. The molecule has 0 aliphatic heterocycles. The highest BCUT2D eigenvalue weighted by molar-refractivity contribution is 8.02. The number of nitrogens with one attached hydrogen (secondary N) is 2. The topological polar surface area (TPSA) is 64.9 Å². The molecule has 2 rings (SSSR count). The molecule has 0 aliphatic rings. The molecular weight excluding hydrogens is 326 g/mol. The van der Waals surface area contributed by atoms with Crippen LogP contribution in [0.2, 0.25) is 0 Å². The molecule has 0 spiro atoms. The molecule has 1 heterocycles. The summed E-state index contributed by atoms with van der Waals surface area (Å²) in [5, 5.41) is 17.9. The van der Waals surface area contributed by atoms with Crippen molar-refractivity contribution in [3.8, 4) is 6.07 Å². The number of para-hydroxylation sites is 1. The summed E-state index contributed by atoms with van der Waals surface area (Å²) < 4.78 is 0. The van der Waals surface area contributed by atoms with Gasteiger partial charge in [0, 0.05) is 10.6 Å². The molecule has 1 amide bonds. The number of thiophene rings is 1. The minimum Gasteiger partial charge on any atom is -0.349 e. The molecule has 0 saturated heterocycles. The van der Waals surface area contributed by atoms with Crippen LogP contribution in [0.3, 0.4) is 0 Å². The Balaban J connectivity index is 2.16. The first-order valence-corrected chi connectivity index (χ1v) is 9.07. The summed E-state index contributed by atoms with van der Waals surface area (Å²) in [5.74, 6) is -0.369. The molecule has 0 saturated carbocycles. The zero-order valence-electron chi connectivity index (χ0n) is 12.9. The Hall–Kier alpha value is -2.23. The molecule has 2 N–H and O–H groups in total. The van der Waals surface area contributed by atoms with Gasteiger partial charge in [-0.2, -0.15) is 5.26 Å². The maximum atomic E-state index is 12.3. The van der Waals surface area contributed by atoms with E-state index in [9.17, 15) is 10.1 Å². The van der Waals surface area contributed by atoms with Crippen LogP contribution >= 0.6 is 23.1 Å². The summed E-state index contributed by atoms with van der Waals surface area (Å²) in [7, 11) is 0. The number of hydrogen-bond donors (Lipinski definition) is 2. The van der Waals surface area contributed by atoms with Crippen molar-refractivity contribution in [2.75, 3.05) is 11.6 Å². The standard InChI is InChI=1S/C17H17N3OS2/c1-12-6-3-4-8-15(12)20-17(22-2)14(10-18)16(21)19-11-13-7-5-9-23-13/h3-9,20H,11H2,1-2H3,(H,19,21)/b17-14+. The number of aryl methyl sites for hydroxylation is 1. The lowest BCUT2D eigenvalue weighted by atomic mass is 10.2. The fraction of sp³-hybridized carbons (Fsp3) is 0.176. The van der Waals surface area contributed by atoms with Crippen LogP contribution in [0.4, 0.5) is 5.69 Å². The van der Waals surface area contributed by atoms with Gasteiger partial charge in [0.15, 0.2) is 0 Å². The van der Waals surface area contributed by atoms with Crippen molar-refractivity contribution in [2.45, 2.75) is 13.5 Å². The zero-order chi connectivity index (χ0) is 16.7. The first-order chi connectivity index (χ1) is 11.2. The third-order valence-electron chi connectivity index (χ3n) is 3.17. The zero-order valence-corrected chi connectivity index (χ0v) is 14.6. The Morgan fingerprint density at radius 3 is 2.70 bits per heavy atom. The van der Waals surface area contributed by atoms with E-state index in [1.54, 1.807) is 11.3 Å². The molecule has 2 aromatic rings. The van der Waals surface area contributed by atoms with Crippen LogP contribution in [0.25, 0.3) is 0 Å². The number of carbonyl (C=O) groups is 1. The Morgan fingerprint density at radius 1 is 1.30 bits per heavy atom. The molecule has 0 fully saturated rings. The van der Waals surface area contributed by atoms with Crippen molar-refractivity contribution in [1.29, 1.82) is 5.26 Å². The summed E-state index contributed by atoms with van der Waals surface area (Å²) in [6, 6.07) is 13.6. The molecule has 6 heteroatoms. The largest absolute Gasteiger partial charge is 0.349 e. The molecule has 118 valence electrons. The molecule has 0 unspecified atom stereocenters. The lowest BCUT2D eigenvalue weighted by Gasteiger charge is -2.13. The van der Waals surface area contributed by atoms with Crippen LogP contribution < -0.4 is 10.6 Å². The molecular formula is C17H17N3OS2. The third-order valence-corrected chi connectivity index (χ3v) is 4.76. The molecule has 0 radical (unpaired) electrons. The molecule has 23 heavy (non-hydrogen) atoms. The maximum absolute atomic E-state index is 12.3. The number of nitrogens with zero attached hydrogens (tertiary/aromatic N) is 1. The van der Waals surface area contributed by atoms with Crippen LogP contribution in [-0.4, -0.2) is 12.2 Å². The number of nitriles is 1. The molecule has 1 aromatic heterocycles. The van der Waals surface area contributed by atoms with Crippen molar-refractivity contribution >= 4 is 34.7 Å². The van der Waals surface area contributed by atoms with E-state index < -0.39 is 0 Å². The minimum absolute atomic E-state index is 0.0947. The Bertz CT molecular complexity index is 745. The molecule has 4 nitrogen and oxygen atoms in total. The van der Waals surface area contributed by atoms with Crippen molar-refractivity contribution in [2.24, 2.45) is 0 Å². The van der Waals surface area contributed by atoms with Gasteiger partial charge in [-0.1, -0.05) is 24.3 Å². The van der Waals surface area contributed by atoms with Gasteiger partial charge < -0.3 is 10.6 Å². The number of carbonyl (C=O) groups excluding carboxylic acids is 1. The predicted molar refractivity (Wildman–Crippen MR) is 97.1 cm³/mol. The van der Waals surface area contributed by atoms with Gasteiger partial charge in [0.2, 0.25) is 0 Å². The smallest absolute Gasteiger partial charge is 0.264 e. The fourth-order valence-corrected chi connectivity index (χ4v) is 3.12. The summed E-state index contributed by atoms with van der Waals surface area (Å²) in [6.07, 6.45) is 1.84. The second-order valence-corrected chi connectivity index (χ2v) is 6.57. The van der Waals surface area contributed by atoms with Gasteiger partial charge >= 0.3 is 0 Å². The first kappa shape index (κ1) is 17.1. The van der Waals surface area contributed by atoms with Crippen LogP contribution in [0.15, 0.2) is 52.4 Å². The van der Waals surface area contributed by atoms with Gasteiger partial charge in [0.25, 0.3) is 5.91 Å². The number of benzene rings is 1. The van der Waals surface area contributed by atoms with Gasteiger partial charge in [-0.3, -0.25) is 4.79 Å². The quantitative estimate of drug-likeness (QED) is 0.617. The SMILES string of the molecule is CS/C(Nc1ccccc1C)=C(\C#N)C(=O)NCc1cccs1. The second-order valence-electron chi connectivity index (χ2n) is 4.72. The number of thioether (sulfide) groups is 1. The van der Waals surface area contributed by atoms with Gasteiger partial charge in [0.05, 0.1) is 11.6 Å². The van der Waals surface area contributed by atoms with Crippen LogP contribution in [-0.2, 0) is 11.3 Å². The van der Waals surface area contributed by atoms with Gasteiger partial charge in [-0.25, -0.2) is 0 Å². The van der Waals surface area contributed by atoms with Crippen molar-refractivity contribution in [1.82, 2.24) is 5.32 Å². The van der Waals surface area contributed by atoms with E-state index in [0.717, 1.165) is 16.1 Å². The maximum Gasteiger partial charge on any atom is 0.264 e.